The molecule has 1 amide bonds. The third-order valence-corrected chi connectivity index (χ3v) is 11.2. The van der Waals surface area contributed by atoms with Gasteiger partial charge in [-0.2, -0.15) is 0 Å². The summed E-state index contributed by atoms with van der Waals surface area (Å²) in [5, 5.41) is 54.4. The molecule has 1 saturated heterocycles. The van der Waals surface area contributed by atoms with Gasteiger partial charge in [-0.25, -0.2) is 0 Å². The minimum absolute atomic E-state index is 0.156. The lowest BCUT2D eigenvalue weighted by Gasteiger charge is -2.40. The predicted octanol–water partition coefficient (Wildman–Crippen LogP) is 10.2. The van der Waals surface area contributed by atoms with Crippen LogP contribution in [-0.4, -0.2) is 87.5 Å². The van der Waals surface area contributed by atoms with Gasteiger partial charge in [0.15, 0.2) is 6.29 Å². The summed E-state index contributed by atoms with van der Waals surface area (Å²) in [5.74, 6) is -0.185. The van der Waals surface area contributed by atoms with Gasteiger partial charge in [-0.3, -0.25) is 4.79 Å². The van der Waals surface area contributed by atoms with Crippen LogP contribution in [0.4, 0.5) is 0 Å². The SMILES string of the molecule is CC/C=C\C/C=C\C/C=C\C/C=C\CCCCC(=O)NC(COC1OC(CO)C(O)C(O)C1O)C(O)CCCCCCCCCCCCCCCCCCCCCC. The number of unbranched alkanes of at least 4 members (excludes halogenated alkanes) is 21. The molecule has 0 spiro atoms. The van der Waals surface area contributed by atoms with Crippen LogP contribution in [0.1, 0.15) is 200 Å². The second kappa shape index (κ2) is 39.3. The molecule has 1 aliphatic rings. The molecule has 7 unspecified atom stereocenters. The molecule has 0 saturated carbocycles. The summed E-state index contributed by atoms with van der Waals surface area (Å²) in [7, 11) is 0. The molecule has 0 aromatic rings. The average molecular weight is 820 g/mol. The number of carbonyl (C=O) groups is 1. The van der Waals surface area contributed by atoms with E-state index in [2.05, 4.69) is 67.8 Å². The van der Waals surface area contributed by atoms with E-state index in [9.17, 15) is 30.3 Å². The number of ether oxygens (including phenoxy) is 2. The van der Waals surface area contributed by atoms with Crippen LogP contribution in [0.25, 0.3) is 0 Å². The van der Waals surface area contributed by atoms with E-state index in [1.54, 1.807) is 0 Å². The summed E-state index contributed by atoms with van der Waals surface area (Å²) in [4.78, 5) is 13.0. The maximum Gasteiger partial charge on any atom is 0.220 e. The van der Waals surface area contributed by atoms with Crippen molar-refractivity contribution in [3.8, 4) is 0 Å². The highest BCUT2D eigenvalue weighted by Crippen LogP contribution is 2.23. The zero-order valence-corrected chi connectivity index (χ0v) is 37.0. The van der Waals surface area contributed by atoms with Gasteiger partial charge in [-0.1, -0.05) is 191 Å². The van der Waals surface area contributed by atoms with Crippen LogP contribution in [0.15, 0.2) is 48.6 Å². The lowest BCUT2D eigenvalue weighted by molar-refractivity contribution is -0.302. The molecule has 0 aliphatic carbocycles. The van der Waals surface area contributed by atoms with Gasteiger partial charge in [0, 0.05) is 6.42 Å². The molecule has 1 rings (SSSR count). The summed E-state index contributed by atoms with van der Waals surface area (Å²) in [6.07, 6.45) is 42.7. The minimum Gasteiger partial charge on any atom is -0.394 e. The topological polar surface area (TPSA) is 149 Å². The van der Waals surface area contributed by atoms with Crippen LogP contribution in [0.3, 0.4) is 0 Å². The molecule has 0 radical (unpaired) electrons. The first-order valence-electron chi connectivity index (χ1n) is 23.8. The van der Waals surface area contributed by atoms with Crippen LogP contribution in [0.2, 0.25) is 0 Å². The molecule has 9 heteroatoms. The lowest BCUT2D eigenvalue weighted by atomic mass is 9.99. The molecule has 1 heterocycles. The zero-order chi connectivity index (χ0) is 42.3. The monoisotopic (exact) mass is 820 g/mol. The van der Waals surface area contributed by atoms with Gasteiger partial charge in [0.05, 0.1) is 25.4 Å². The lowest BCUT2D eigenvalue weighted by Crippen LogP contribution is -2.60. The molecule has 1 aliphatic heterocycles. The average Bonchev–Trinajstić information content (AvgIpc) is 3.22. The Kier molecular flexibility index (Phi) is 36.7. The smallest absolute Gasteiger partial charge is 0.220 e. The Balaban J connectivity index is 2.33. The maximum absolute atomic E-state index is 13.0. The Labute approximate surface area is 354 Å². The van der Waals surface area contributed by atoms with Crippen molar-refractivity contribution >= 4 is 5.91 Å². The van der Waals surface area contributed by atoms with E-state index in [4.69, 9.17) is 9.47 Å². The Morgan fingerprint density at radius 2 is 1.07 bits per heavy atom. The Bertz CT molecular complexity index is 1050. The van der Waals surface area contributed by atoms with Crippen molar-refractivity contribution in [2.45, 2.75) is 243 Å². The van der Waals surface area contributed by atoms with Gasteiger partial charge in [-0.15, -0.1) is 0 Å². The molecule has 0 aromatic carbocycles. The number of hydrogen-bond acceptors (Lipinski definition) is 8. The molecule has 1 fully saturated rings. The van der Waals surface area contributed by atoms with Crippen molar-refractivity contribution in [3.63, 3.8) is 0 Å². The summed E-state index contributed by atoms with van der Waals surface area (Å²) < 4.78 is 11.2. The summed E-state index contributed by atoms with van der Waals surface area (Å²) in [6, 6.07) is -0.741. The van der Waals surface area contributed by atoms with Crippen molar-refractivity contribution in [3.05, 3.63) is 48.6 Å². The maximum atomic E-state index is 13.0. The van der Waals surface area contributed by atoms with E-state index in [1.807, 2.05) is 0 Å². The van der Waals surface area contributed by atoms with Gasteiger partial charge in [-0.05, 0) is 51.4 Å². The third kappa shape index (κ3) is 29.4. The van der Waals surface area contributed by atoms with Crippen LogP contribution in [0.5, 0.6) is 0 Å². The number of rotatable bonds is 39. The van der Waals surface area contributed by atoms with Crippen LogP contribution >= 0.6 is 0 Å². The van der Waals surface area contributed by atoms with E-state index in [-0.39, 0.29) is 12.5 Å². The number of allylic oxidation sites excluding steroid dienone is 8. The first-order chi connectivity index (χ1) is 28.3. The highest BCUT2D eigenvalue weighted by molar-refractivity contribution is 5.76. The highest BCUT2D eigenvalue weighted by atomic mass is 16.7. The Hall–Kier alpha value is -1.85. The normalized spacial score (nSPS) is 21.3. The number of carbonyl (C=O) groups excluding carboxylic acids is 1. The van der Waals surface area contributed by atoms with E-state index >= 15 is 0 Å². The zero-order valence-electron chi connectivity index (χ0n) is 37.0. The largest absolute Gasteiger partial charge is 0.394 e. The first kappa shape index (κ1) is 54.2. The quantitative estimate of drug-likeness (QED) is 0.0265. The Morgan fingerprint density at radius 1 is 0.603 bits per heavy atom. The van der Waals surface area contributed by atoms with Crippen molar-refractivity contribution in [1.82, 2.24) is 5.32 Å². The number of amides is 1. The van der Waals surface area contributed by atoms with Gasteiger partial charge in [0.25, 0.3) is 0 Å². The standard InChI is InChI=1S/C49H89NO8/c1-3-5-7-9-11-13-15-17-19-20-21-22-23-25-26-28-30-32-34-36-38-43(52)42(41-57-49-48(56)47(55)46(54)44(40-51)58-49)50-45(53)39-37-35-33-31-29-27-24-18-16-14-12-10-8-6-4-2/h6,8,12,14,18,24,29,31,42-44,46-49,51-52,54-56H,3-5,7,9-11,13,15-17,19-23,25-28,30,32-41H2,1-2H3,(H,50,53)/b8-6-,14-12-,24-18-,31-29-. The summed E-state index contributed by atoms with van der Waals surface area (Å²) in [6.45, 7) is 3.69. The molecule has 0 bridgehead atoms. The highest BCUT2D eigenvalue weighted by Gasteiger charge is 2.44. The predicted molar refractivity (Wildman–Crippen MR) is 239 cm³/mol. The van der Waals surface area contributed by atoms with Crippen LogP contribution in [-0.2, 0) is 14.3 Å². The van der Waals surface area contributed by atoms with Crippen molar-refractivity contribution in [2.75, 3.05) is 13.2 Å². The first-order valence-corrected chi connectivity index (χ1v) is 23.8. The van der Waals surface area contributed by atoms with Crippen LogP contribution in [0, 0.1) is 0 Å². The molecule has 9 nitrogen and oxygen atoms in total. The summed E-state index contributed by atoms with van der Waals surface area (Å²) in [5.41, 5.74) is 0. The second-order valence-corrected chi connectivity index (χ2v) is 16.5. The van der Waals surface area contributed by atoms with E-state index in [0.29, 0.717) is 19.3 Å². The molecule has 58 heavy (non-hydrogen) atoms. The Morgan fingerprint density at radius 3 is 1.55 bits per heavy atom. The van der Waals surface area contributed by atoms with Crippen molar-refractivity contribution < 1.29 is 39.8 Å². The minimum atomic E-state index is -1.56. The number of aliphatic hydroxyl groups excluding tert-OH is 5. The van der Waals surface area contributed by atoms with Gasteiger partial charge >= 0.3 is 0 Å². The summed E-state index contributed by atoms with van der Waals surface area (Å²) >= 11 is 0. The van der Waals surface area contributed by atoms with E-state index in [1.165, 1.54) is 109 Å². The van der Waals surface area contributed by atoms with E-state index in [0.717, 1.165) is 57.8 Å². The van der Waals surface area contributed by atoms with Crippen molar-refractivity contribution in [2.24, 2.45) is 0 Å². The van der Waals surface area contributed by atoms with Gasteiger partial charge in [0.2, 0.25) is 5.91 Å². The number of aliphatic hydroxyl groups is 5. The number of hydrogen-bond donors (Lipinski definition) is 6. The van der Waals surface area contributed by atoms with Crippen LogP contribution < -0.4 is 5.32 Å². The molecule has 338 valence electrons. The van der Waals surface area contributed by atoms with Crippen molar-refractivity contribution in [1.29, 1.82) is 0 Å². The second-order valence-electron chi connectivity index (χ2n) is 16.5. The van der Waals surface area contributed by atoms with Gasteiger partial charge < -0.3 is 40.3 Å². The number of nitrogens with one attached hydrogen (secondary N) is 1. The fourth-order valence-corrected chi connectivity index (χ4v) is 7.39. The molecular formula is C49H89NO8. The van der Waals surface area contributed by atoms with Gasteiger partial charge in [0.1, 0.15) is 24.4 Å². The fraction of sp³-hybridized carbons (Fsp3) is 0.816. The molecule has 6 N–H and O–H groups in total. The molecular weight excluding hydrogens is 731 g/mol. The molecule has 0 aromatic heterocycles. The van der Waals surface area contributed by atoms with E-state index < -0.39 is 49.5 Å². The fourth-order valence-electron chi connectivity index (χ4n) is 7.39. The third-order valence-electron chi connectivity index (χ3n) is 11.2. The molecule has 7 atom stereocenters.